The van der Waals surface area contributed by atoms with Crippen molar-refractivity contribution in [3.8, 4) is 11.5 Å². The van der Waals surface area contributed by atoms with Crippen LogP contribution in [0.1, 0.15) is 37.4 Å². The van der Waals surface area contributed by atoms with Crippen LogP contribution in [-0.2, 0) is 6.42 Å². The van der Waals surface area contributed by atoms with E-state index in [0.717, 1.165) is 12.0 Å². The van der Waals surface area contributed by atoms with Crippen LogP contribution in [0.3, 0.4) is 0 Å². The van der Waals surface area contributed by atoms with Gasteiger partial charge in [0.2, 0.25) is 0 Å². The van der Waals surface area contributed by atoms with Gasteiger partial charge in [-0.05, 0) is 31.0 Å². The Labute approximate surface area is 89.7 Å². The molecule has 0 aliphatic heterocycles. The molecule has 0 spiro atoms. The maximum Gasteiger partial charge on any atom is 0.122 e. The number of benzene rings is 1. The van der Waals surface area contributed by atoms with Crippen molar-refractivity contribution >= 4 is 0 Å². The molecule has 5 N–H and O–H groups in total. The third-order valence-corrected chi connectivity index (χ3v) is 2.48. The maximum absolute atomic E-state index is 9.72. The van der Waals surface area contributed by atoms with E-state index in [0.29, 0.717) is 12.0 Å². The molecule has 0 saturated heterocycles. The van der Waals surface area contributed by atoms with Gasteiger partial charge in [-0.2, -0.15) is 0 Å². The zero-order valence-corrected chi connectivity index (χ0v) is 9.12. The fraction of sp³-hybridized carbons (Fsp3) is 0.455. The Balaban J connectivity index is 3.07. The number of aromatic hydroxyl groups is 2. The standard InChI is InChI=1S/C11H18N2O2/c1-3-4-9-10(14)5-8(6-11(9)15)7(2)13-12/h5-7,13-15H,3-4,12H2,1-2H3. The van der Waals surface area contributed by atoms with E-state index in [1.807, 2.05) is 13.8 Å². The van der Waals surface area contributed by atoms with Gasteiger partial charge in [-0.15, -0.1) is 0 Å². The molecule has 1 unspecified atom stereocenters. The number of rotatable bonds is 4. The molecule has 0 fully saturated rings. The zero-order valence-electron chi connectivity index (χ0n) is 9.12. The average molecular weight is 210 g/mol. The molecular weight excluding hydrogens is 192 g/mol. The van der Waals surface area contributed by atoms with Crippen LogP contribution in [0.5, 0.6) is 11.5 Å². The predicted octanol–water partition coefficient (Wildman–Crippen LogP) is 1.57. The van der Waals surface area contributed by atoms with Crippen LogP contribution < -0.4 is 11.3 Å². The summed E-state index contributed by atoms with van der Waals surface area (Å²) in [6.45, 7) is 3.85. The fourth-order valence-electron chi connectivity index (χ4n) is 1.52. The zero-order chi connectivity index (χ0) is 11.4. The van der Waals surface area contributed by atoms with Gasteiger partial charge < -0.3 is 10.2 Å². The molecule has 0 aliphatic carbocycles. The number of nitrogens with one attached hydrogen (secondary N) is 1. The SMILES string of the molecule is CCCc1c(O)cc(C(C)NN)cc1O. The molecule has 4 nitrogen and oxygen atoms in total. The average Bonchev–Trinajstić information content (AvgIpc) is 2.22. The van der Waals surface area contributed by atoms with Crippen molar-refractivity contribution in [3.05, 3.63) is 23.3 Å². The van der Waals surface area contributed by atoms with E-state index < -0.39 is 0 Å². The third-order valence-electron chi connectivity index (χ3n) is 2.48. The highest BCUT2D eigenvalue weighted by molar-refractivity contribution is 5.47. The van der Waals surface area contributed by atoms with Gasteiger partial charge in [0, 0.05) is 11.6 Å². The maximum atomic E-state index is 9.72. The van der Waals surface area contributed by atoms with E-state index in [1.165, 1.54) is 0 Å². The van der Waals surface area contributed by atoms with Crippen molar-refractivity contribution in [2.45, 2.75) is 32.7 Å². The van der Waals surface area contributed by atoms with E-state index in [2.05, 4.69) is 5.43 Å². The molecule has 84 valence electrons. The number of hydrazine groups is 1. The lowest BCUT2D eigenvalue weighted by Gasteiger charge is -2.14. The number of nitrogens with two attached hydrogens (primary N) is 1. The van der Waals surface area contributed by atoms with Crippen molar-refractivity contribution in [1.82, 2.24) is 5.43 Å². The second-order valence-corrected chi connectivity index (χ2v) is 3.68. The van der Waals surface area contributed by atoms with Gasteiger partial charge in [-0.3, -0.25) is 11.3 Å². The number of hydrogen-bond acceptors (Lipinski definition) is 4. The Kier molecular flexibility index (Phi) is 3.94. The number of phenolic OH excluding ortho intramolecular Hbond substituents is 2. The molecule has 0 bridgehead atoms. The van der Waals surface area contributed by atoms with E-state index in [1.54, 1.807) is 12.1 Å². The van der Waals surface area contributed by atoms with Crippen molar-refractivity contribution in [1.29, 1.82) is 0 Å². The summed E-state index contributed by atoms with van der Waals surface area (Å²) in [6, 6.07) is 3.17. The minimum atomic E-state index is -0.0996. The van der Waals surface area contributed by atoms with Crippen molar-refractivity contribution in [3.63, 3.8) is 0 Å². The van der Waals surface area contributed by atoms with Gasteiger partial charge in [0.15, 0.2) is 0 Å². The van der Waals surface area contributed by atoms with Crippen molar-refractivity contribution in [2.24, 2.45) is 5.84 Å². The second-order valence-electron chi connectivity index (χ2n) is 3.68. The third kappa shape index (κ3) is 2.61. The van der Waals surface area contributed by atoms with E-state index in [-0.39, 0.29) is 17.5 Å². The summed E-state index contributed by atoms with van der Waals surface area (Å²) in [7, 11) is 0. The lowest BCUT2D eigenvalue weighted by molar-refractivity contribution is 0.434. The first-order valence-electron chi connectivity index (χ1n) is 5.11. The lowest BCUT2D eigenvalue weighted by atomic mass is 10.0. The van der Waals surface area contributed by atoms with Crippen LogP contribution >= 0.6 is 0 Å². The topological polar surface area (TPSA) is 78.5 Å². The summed E-state index contributed by atoms with van der Waals surface area (Å²) in [5, 5.41) is 19.4. The number of hydrogen-bond donors (Lipinski definition) is 4. The quantitative estimate of drug-likeness (QED) is 0.449. The van der Waals surface area contributed by atoms with Gasteiger partial charge in [0.1, 0.15) is 11.5 Å². The first-order chi connectivity index (χ1) is 7.10. The molecule has 1 atom stereocenters. The van der Waals surface area contributed by atoms with Gasteiger partial charge >= 0.3 is 0 Å². The normalized spacial score (nSPS) is 12.7. The molecule has 4 heteroatoms. The number of phenols is 2. The minimum Gasteiger partial charge on any atom is -0.508 e. The Morgan fingerprint density at radius 3 is 2.27 bits per heavy atom. The fourth-order valence-corrected chi connectivity index (χ4v) is 1.52. The monoisotopic (exact) mass is 210 g/mol. The summed E-state index contributed by atoms with van der Waals surface area (Å²) in [4.78, 5) is 0. The summed E-state index contributed by atoms with van der Waals surface area (Å²) < 4.78 is 0. The van der Waals surface area contributed by atoms with E-state index >= 15 is 0 Å². The Hall–Kier alpha value is -1.26. The van der Waals surface area contributed by atoms with E-state index in [9.17, 15) is 10.2 Å². The Bertz CT molecular complexity index is 316. The van der Waals surface area contributed by atoms with Gasteiger partial charge in [-0.1, -0.05) is 13.3 Å². The van der Waals surface area contributed by atoms with Crippen LogP contribution in [0.2, 0.25) is 0 Å². The van der Waals surface area contributed by atoms with Crippen LogP contribution in [0.4, 0.5) is 0 Å². The summed E-state index contributed by atoms with van der Waals surface area (Å²) >= 11 is 0. The summed E-state index contributed by atoms with van der Waals surface area (Å²) in [5.41, 5.74) is 3.94. The highest BCUT2D eigenvalue weighted by Crippen LogP contribution is 2.31. The smallest absolute Gasteiger partial charge is 0.122 e. The Morgan fingerprint density at radius 1 is 1.33 bits per heavy atom. The van der Waals surface area contributed by atoms with Gasteiger partial charge in [0.05, 0.1) is 0 Å². The van der Waals surface area contributed by atoms with Crippen LogP contribution in [0, 0.1) is 0 Å². The highest BCUT2D eigenvalue weighted by Gasteiger charge is 2.11. The highest BCUT2D eigenvalue weighted by atomic mass is 16.3. The Morgan fingerprint density at radius 2 is 1.87 bits per heavy atom. The van der Waals surface area contributed by atoms with Gasteiger partial charge in [0.25, 0.3) is 0 Å². The molecule has 1 rings (SSSR count). The molecule has 0 saturated carbocycles. The molecule has 0 aliphatic rings. The molecule has 1 aromatic carbocycles. The van der Waals surface area contributed by atoms with Crippen LogP contribution in [0.15, 0.2) is 12.1 Å². The first-order valence-corrected chi connectivity index (χ1v) is 5.11. The predicted molar refractivity (Wildman–Crippen MR) is 59.5 cm³/mol. The largest absolute Gasteiger partial charge is 0.508 e. The molecule has 1 aromatic rings. The minimum absolute atomic E-state index is 0.0996. The van der Waals surface area contributed by atoms with Gasteiger partial charge in [-0.25, -0.2) is 0 Å². The lowest BCUT2D eigenvalue weighted by Crippen LogP contribution is -2.25. The summed E-state index contributed by atoms with van der Waals surface area (Å²) in [6.07, 6.45) is 1.55. The van der Waals surface area contributed by atoms with E-state index in [4.69, 9.17) is 5.84 Å². The molecule has 0 radical (unpaired) electrons. The summed E-state index contributed by atoms with van der Waals surface area (Å²) in [5.74, 6) is 5.55. The molecule has 0 aromatic heterocycles. The van der Waals surface area contributed by atoms with Crippen molar-refractivity contribution < 1.29 is 10.2 Å². The second kappa shape index (κ2) is 5.00. The molecular formula is C11H18N2O2. The van der Waals surface area contributed by atoms with Crippen LogP contribution in [0.25, 0.3) is 0 Å². The van der Waals surface area contributed by atoms with Crippen molar-refractivity contribution in [2.75, 3.05) is 0 Å². The molecule has 0 amide bonds. The first kappa shape index (κ1) is 11.8. The van der Waals surface area contributed by atoms with Crippen LogP contribution in [-0.4, -0.2) is 10.2 Å². The molecule has 15 heavy (non-hydrogen) atoms. The molecule has 0 heterocycles.